The van der Waals surface area contributed by atoms with Crippen molar-refractivity contribution < 1.29 is 4.39 Å². The highest BCUT2D eigenvalue weighted by atomic mass is 19.1. The monoisotopic (exact) mass is 234 g/mol. The number of halogens is 1. The molecule has 1 aromatic carbocycles. The minimum Gasteiger partial charge on any atom is -0.371 e. The highest BCUT2D eigenvalue weighted by Gasteiger charge is 2.45. The normalized spacial score (nSPS) is 21.9. The van der Waals surface area contributed by atoms with E-state index in [0.29, 0.717) is 6.54 Å². The van der Waals surface area contributed by atoms with Gasteiger partial charge in [0, 0.05) is 30.7 Å². The average molecular weight is 234 g/mol. The van der Waals surface area contributed by atoms with E-state index in [0.717, 1.165) is 31.5 Å². The Kier molecular flexibility index (Phi) is 2.58. The molecule has 0 radical (unpaired) electrons. The molecular weight excluding hydrogens is 215 g/mol. The summed E-state index contributed by atoms with van der Waals surface area (Å²) in [6.07, 6.45) is 4.69. The molecule has 1 saturated heterocycles. The van der Waals surface area contributed by atoms with Gasteiger partial charge in [-0.2, -0.15) is 0 Å². The van der Waals surface area contributed by atoms with Gasteiger partial charge in [-0.15, -0.1) is 0 Å². The molecule has 3 rings (SSSR count). The zero-order valence-corrected chi connectivity index (χ0v) is 10.1. The molecule has 1 aliphatic carbocycles. The highest BCUT2D eigenvalue weighted by molar-refractivity contribution is 5.59. The molecule has 0 aromatic heterocycles. The van der Waals surface area contributed by atoms with Crippen LogP contribution in [0.5, 0.6) is 0 Å². The maximum atomic E-state index is 13.5. The number of hydrogen-bond acceptors (Lipinski definition) is 2. The predicted octanol–water partition coefficient (Wildman–Crippen LogP) is 2.42. The van der Waals surface area contributed by atoms with E-state index in [1.165, 1.54) is 18.5 Å². The average Bonchev–Trinajstić information content (AvgIpc) is 2.96. The van der Waals surface area contributed by atoms with Crippen LogP contribution in [0.25, 0.3) is 0 Å². The minimum absolute atomic E-state index is 0.0695. The Labute approximate surface area is 102 Å². The van der Waals surface area contributed by atoms with Crippen LogP contribution in [-0.2, 0) is 5.41 Å². The number of rotatable bonds is 3. The molecular formula is C14H19FN2. The summed E-state index contributed by atoms with van der Waals surface area (Å²) in [5, 5.41) is 0. The van der Waals surface area contributed by atoms with Gasteiger partial charge in [0.05, 0.1) is 0 Å². The van der Waals surface area contributed by atoms with Crippen LogP contribution in [0.2, 0.25) is 0 Å². The van der Waals surface area contributed by atoms with Crippen LogP contribution in [0.3, 0.4) is 0 Å². The van der Waals surface area contributed by atoms with Gasteiger partial charge < -0.3 is 10.6 Å². The second kappa shape index (κ2) is 3.98. The molecule has 17 heavy (non-hydrogen) atoms. The lowest BCUT2D eigenvalue weighted by Gasteiger charge is -2.25. The van der Waals surface area contributed by atoms with E-state index >= 15 is 0 Å². The molecule has 1 saturated carbocycles. The summed E-state index contributed by atoms with van der Waals surface area (Å²) in [5.41, 5.74) is 8.30. The molecule has 0 bridgehead atoms. The molecule has 3 heteroatoms. The van der Waals surface area contributed by atoms with Gasteiger partial charge >= 0.3 is 0 Å². The van der Waals surface area contributed by atoms with Gasteiger partial charge in [0.25, 0.3) is 0 Å². The van der Waals surface area contributed by atoms with Crippen molar-refractivity contribution in [2.75, 3.05) is 24.5 Å². The molecule has 1 aliphatic heterocycles. The lowest BCUT2D eigenvalue weighted by Crippen LogP contribution is -2.26. The van der Waals surface area contributed by atoms with Crippen LogP contribution in [0.4, 0.5) is 10.1 Å². The van der Waals surface area contributed by atoms with Crippen molar-refractivity contribution in [3.8, 4) is 0 Å². The van der Waals surface area contributed by atoms with Crippen molar-refractivity contribution in [2.24, 2.45) is 5.73 Å². The second-order valence-electron chi connectivity index (χ2n) is 5.34. The van der Waals surface area contributed by atoms with E-state index in [4.69, 9.17) is 5.73 Å². The Bertz CT molecular complexity index is 420. The summed E-state index contributed by atoms with van der Waals surface area (Å²) >= 11 is 0. The van der Waals surface area contributed by atoms with Crippen LogP contribution in [0.1, 0.15) is 31.2 Å². The third kappa shape index (κ3) is 1.82. The zero-order chi connectivity index (χ0) is 11.9. The Morgan fingerprint density at radius 1 is 1.24 bits per heavy atom. The molecule has 2 fully saturated rings. The molecule has 0 unspecified atom stereocenters. The lowest BCUT2D eigenvalue weighted by molar-refractivity contribution is 0.615. The van der Waals surface area contributed by atoms with Gasteiger partial charge in [0.1, 0.15) is 5.82 Å². The van der Waals surface area contributed by atoms with Crippen molar-refractivity contribution in [1.82, 2.24) is 0 Å². The Morgan fingerprint density at radius 3 is 2.53 bits per heavy atom. The van der Waals surface area contributed by atoms with Gasteiger partial charge in [-0.1, -0.05) is 0 Å². The number of nitrogens with zero attached hydrogens (tertiary/aromatic N) is 1. The summed E-state index contributed by atoms with van der Waals surface area (Å²) in [6.45, 7) is 2.83. The summed E-state index contributed by atoms with van der Waals surface area (Å²) in [5.74, 6) is -0.136. The molecule has 1 heterocycles. The first kappa shape index (κ1) is 11.0. The molecule has 1 aromatic rings. The second-order valence-corrected chi connectivity index (χ2v) is 5.34. The molecule has 2 nitrogen and oxygen atoms in total. The number of benzene rings is 1. The quantitative estimate of drug-likeness (QED) is 0.870. The van der Waals surface area contributed by atoms with E-state index in [-0.39, 0.29) is 11.2 Å². The predicted molar refractivity (Wildman–Crippen MR) is 67.8 cm³/mol. The van der Waals surface area contributed by atoms with E-state index < -0.39 is 0 Å². The van der Waals surface area contributed by atoms with Gasteiger partial charge in [-0.05, 0) is 49.4 Å². The van der Waals surface area contributed by atoms with Crippen LogP contribution in [0.15, 0.2) is 18.2 Å². The van der Waals surface area contributed by atoms with Crippen LogP contribution in [0, 0.1) is 5.82 Å². The molecule has 2 N–H and O–H groups in total. The lowest BCUT2D eigenvalue weighted by atomic mass is 9.93. The van der Waals surface area contributed by atoms with Crippen molar-refractivity contribution in [2.45, 2.75) is 31.1 Å². The summed E-state index contributed by atoms with van der Waals surface area (Å²) in [6, 6.07) is 5.21. The first-order chi connectivity index (χ1) is 8.25. The third-order valence-electron chi connectivity index (χ3n) is 4.22. The molecule has 0 spiro atoms. The third-order valence-corrected chi connectivity index (χ3v) is 4.22. The smallest absolute Gasteiger partial charge is 0.123 e. The maximum Gasteiger partial charge on any atom is 0.123 e. The van der Waals surface area contributed by atoms with E-state index in [9.17, 15) is 4.39 Å². The summed E-state index contributed by atoms with van der Waals surface area (Å²) in [7, 11) is 0. The van der Waals surface area contributed by atoms with Crippen LogP contribution < -0.4 is 10.6 Å². The number of anilines is 1. The van der Waals surface area contributed by atoms with Crippen molar-refractivity contribution in [3.05, 3.63) is 29.6 Å². The fourth-order valence-corrected chi connectivity index (χ4v) is 2.90. The van der Waals surface area contributed by atoms with Gasteiger partial charge in [0.15, 0.2) is 0 Å². The zero-order valence-electron chi connectivity index (χ0n) is 10.1. The van der Waals surface area contributed by atoms with E-state index in [1.807, 2.05) is 6.07 Å². The summed E-state index contributed by atoms with van der Waals surface area (Å²) in [4.78, 5) is 2.38. The largest absolute Gasteiger partial charge is 0.371 e. The molecule has 92 valence electrons. The fraction of sp³-hybridized carbons (Fsp3) is 0.571. The first-order valence-electron chi connectivity index (χ1n) is 6.50. The SMILES string of the molecule is NCC1(c2cc(F)ccc2N2CCCC2)CC1. The van der Waals surface area contributed by atoms with Crippen molar-refractivity contribution in [3.63, 3.8) is 0 Å². The molecule has 0 atom stereocenters. The van der Waals surface area contributed by atoms with Crippen molar-refractivity contribution in [1.29, 1.82) is 0 Å². The molecule has 2 aliphatic rings. The van der Waals surface area contributed by atoms with Gasteiger partial charge in [0.2, 0.25) is 0 Å². The van der Waals surface area contributed by atoms with Gasteiger partial charge in [-0.25, -0.2) is 4.39 Å². The number of nitrogens with two attached hydrogens (primary N) is 1. The molecule has 0 amide bonds. The van der Waals surface area contributed by atoms with E-state index in [1.54, 1.807) is 12.1 Å². The minimum atomic E-state index is -0.136. The van der Waals surface area contributed by atoms with Crippen LogP contribution in [-0.4, -0.2) is 19.6 Å². The highest BCUT2D eigenvalue weighted by Crippen LogP contribution is 2.50. The fourth-order valence-electron chi connectivity index (χ4n) is 2.90. The number of hydrogen-bond donors (Lipinski definition) is 1. The Balaban J connectivity index is 2.02. The van der Waals surface area contributed by atoms with E-state index in [2.05, 4.69) is 4.90 Å². The topological polar surface area (TPSA) is 29.3 Å². The Morgan fingerprint density at radius 2 is 1.94 bits per heavy atom. The summed E-state index contributed by atoms with van der Waals surface area (Å²) < 4.78 is 13.5. The maximum absolute atomic E-state index is 13.5. The Hall–Kier alpha value is -1.09. The van der Waals surface area contributed by atoms with Crippen molar-refractivity contribution >= 4 is 5.69 Å². The van der Waals surface area contributed by atoms with Crippen LogP contribution >= 0.6 is 0 Å². The van der Waals surface area contributed by atoms with Gasteiger partial charge in [-0.3, -0.25) is 0 Å². The first-order valence-corrected chi connectivity index (χ1v) is 6.50. The standard InChI is InChI=1S/C14H19FN2/c15-11-3-4-13(17-7-1-2-8-17)12(9-11)14(10-16)5-6-14/h3-4,9H,1-2,5-8,10,16H2.